The highest BCUT2D eigenvalue weighted by molar-refractivity contribution is 7.13. The van der Waals surface area contributed by atoms with E-state index in [0.717, 1.165) is 51.6 Å². The summed E-state index contributed by atoms with van der Waals surface area (Å²) in [6, 6.07) is 17.9. The number of nitrogens with zero attached hydrogens (tertiary/aromatic N) is 4. The first-order valence-electron chi connectivity index (χ1n) is 20.6. The summed E-state index contributed by atoms with van der Waals surface area (Å²) >= 11 is 1.56. The monoisotopic (exact) mass is 847 g/mol. The van der Waals surface area contributed by atoms with Gasteiger partial charge in [-0.15, -0.1) is 11.3 Å². The Kier molecular flexibility index (Phi) is 13.0. The van der Waals surface area contributed by atoms with Crippen molar-refractivity contribution in [1.29, 1.82) is 0 Å². The maximum atomic E-state index is 14.0. The second kappa shape index (κ2) is 18.3. The van der Waals surface area contributed by atoms with Gasteiger partial charge < -0.3 is 36.3 Å². The molecule has 7 rings (SSSR count). The van der Waals surface area contributed by atoms with Crippen LogP contribution >= 0.6 is 11.3 Å². The number of aryl methyl sites for hydroxylation is 1. The number of H-pyrrole nitrogens is 1. The summed E-state index contributed by atoms with van der Waals surface area (Å²) in [5.74, 6) is -1.54. The predicted molar refractivity (Wildman–Crippen MR) is 234 cm³/mol. The SMILES string of the molecule is Cc1ncsc1-c1ccc(CNC(=O)[C@@H]2C[C@@H](O)CN2C(=O)[C@@H](NC(=O)CNC(=O)c2ccc(C(=O)Nc3ccc4nc(CN5CCC[C@@H]5C)[nH]c4c3)cc2)C(C)(C)C)cc1. The minimum absolute atomic E-state index is 0.0582. The Balaban J connectivity index is 0.899. The molecular weight excluding hydrogens is 795 g/mol. The van der Waals surface area contributed by atoms with E-state index >= 15 is 0 Å². The van der Waals surface area contributed by atoms with Crippen molar-refractivity contribution < 1.29 is 29.1 Å². The van der Waals surface area contributed by atoms with Crippen molar-refractivity contribution in [1.82, 2.24) is 40.7 Å². The van der Waals surface area contributed by atoms with Crippen molar-refractivity contribution >= 4 is 57.6 Å². The van der Waals surface area contributed by atoms with Crippen molar-refractivity contribution in [3.05, 3.63) is 100 Å². The second-order valence-electron chi connectivity index (χ2n) is 17.0. The molecule has 0 saturated carbocycles. The fraction of sp³-hybridized carbons (Fsp3) is 0.400. The van der Waals surface area contributed by atoms with E-state index in [1.54, 1.807) is 43.7 Å². The average Bonchev–Trinajstić information content (AvgIpc) is 4.05. The molecule has 2 saturated heterocycles. The highest BCUT2D eigenvalue weighted by Gasteiger charge is 2.44. The van der Waals surface area contributed by atoms with Crippen molar-refractivity contribution in [2.45, 2.75) is 91.2 Å². The Labute approximate surface area is 358 Å². The molecule has 5 aromatic rings. The molecule has 0 spiro atoms. The van der Waals surface area contributed by atoms with Crippen molar-refractivity contribution in [3.63, 3.8) is 0 Å². The van der Waals surface area contributed by atoms with E-state index in [1.807, 2.05) is 43.3 Å². The second-order valence-corrected chi connectivity index (χ2v) is 17.9. The fourth-order valence-corrected chi connectivity index (χ4v) is 8.68. The van der Waals surface area contributed by atoms with E-state index in [9.17, 15) is 29.1 Å². The highest BCUT2D eigenvalue weighted by Crippen LogP contribution is 2.29. The Bertz CT molecular complexity index is 2410. The van der Waals surface area contributed by atoms with Crippen LogP contribution < -0.4 is 21.3 Å². The van der Waals surface area contributed by atoms with Crippen LogP contribution in [0.25, 0.3) is 21.5 Å². The zero-order valence-electron chi connectivity index (χ0n) is 35.1. The predicted octanol–water partition coefficient (Wildman–Crippen LogP) is 4.77. The average molecular weight is 848 g/mol. The molecule has 2 aliphatic heterocycles. The number of aliphatic hydroxyl groups is 1. The van der Waals surface area contributed by atoms with Crippen LogP contribution in [0.1, 0.15) is 84.8 Å². The number of likely N-dealkylation sites (tertiary alicyclic amines) is 2. The Morgan fingerprint density at radius 3 is 2.34 bits per heavy atom. The third kappa shape index (κ3) is 10.3. The van der Waals surface area contributed by atoms with E-state index in [0.29, 0.717) is 17.3 Å². The number of rotatable bonds is 13. The lowest BCUT2D eigenvalue weighted by Crippen LogP contribution is -2.58. The van der Waals surface area contributed by atoms with Gasteiger partial charge in [0.1, 0.15) is 17.9 Å². The van der Waals surface area contributed by atoms with E-state index in [-0.39, 0.29) is 31.0 Å². The lowest BCUT2D eigenvalue weighted by molar-refractivity contribution is -0.143. The number of fused-ring (bicyclic) bond motifs is 1. The topological polar surface area (TPSA) is 202 Å². The van der Waals surface area contributed by atoms with Crippen LogP contribution in [0.15, 0.2) is 72.2 Å². The van der Waals surface area contributed by atoms with Gasteiger partial charge in [0.25, 0.3) is 11.8 Å². The molecule has 2 fully saturated rings. The van der Waals surface area contributed by atoms with Gasteiger partial charge in [-0.1, -0.05) is 45.0 Å². The maximum absolute atomic E-state index is 14.0. The largest absolute Gasteiger partial charge is 0.391 e. The smallest absolute Gasteiger partial charge is 0.255 e. The zero-order valence-corrected chi connectivity index (χ0v) is 35.9. The van der Waals surface area contributed by atoms with Gasteiger partial charge in [-0.2, -0.15) is 0 Å². The summed E-state index contributed by atoms with van der Waals surface area (Å²) in [5, 5.41) is 21.7. The maximum Gasteiger partial charge on any atom is 0.255 e. The third-order valence-electron chi connectivity index (χ3n) is 11.4. The van der Waals surface area contributed by atoms with Gasteiger partial charge in [0.2, 0.25) is 17.7 Å². The zero-order chi connectivity index (χ0) is 43.4. The molecule has 0 unspecified atom stereocenters. The number of β-amino-alcohol motifs (C(OH)–C–C–N with tert-alkyl or cyclic N) is 1. The molecule has 2 aromatic heterocycles. The molecule has 0 radical (unpaired) electrons. The molecule has 0 bridgehead atoms. The Hall–Kier alpha value is -5.97. The molecule has 320 valence electrons. The molecule has 2 aliphatic rings. The number of hydrogen-bond donors (Lipinski definition) is 6. The number of amides is 5. The molecule has 0 aliphatic carbocycles. The number of anilines is 1. The first-order chi connectivity index (χ1) is 29.1. The lowest BCUT2D eigenvalue weighted by Gasteiger charge is -2.35. The van der Waals surface area contributed by atoms with Crippen LogP contribution in [0, 0.1) is 12.3 Å². The summed E-state index contributed by atoms with van der Waals surface area (Å²) in [7, 11) is 0. The molecule has 15 nitrogen and oxygen atoms in total. The minimum Gasteiger partial charge on any atom is -0.391 e. The number of aliphatic hydroxyl groups excluding tert-OH is 1. The van der Waals surface area contributed by atoms with E-state index < -0.39 is 53.8 Å². The van der Waals surface area contributed by atoms with E-state index in [2.05, 4.69) is 43.1 Å². The summed E-state index contributed by atoms with van der Waals surface area (Å²) in [6.45, 7) is 11.1. The van der Waals surface area contributed by atoms with E-state index in [4.69, 9.17) is 4.98 Å². The molecule has 4 heterocycles. The van der Waals surface area contributed by atoms with Crippen LogP contribution in [-0.4, -0.2) is 103 Å². The summed E-state index contributed by atoms with van der Waals surface area (Å²) in [4.78, 5) is 84.0. The van der Waals surface area contributed by atoms with Gasteiger partial charge in [0, 0.05) is 42.4 Å². The van der Waals surface area contributed by atoms with Crippen LogP contribution in [0.3, 0.4) is 0 Å². The standard InChI is InChI=1S/C45H53N9O6S/c1-26-7-6-18-53(26)24-37-50-34-17-16-32(19-35(34)51-37)49-42(58)31-14-12-30(13-15-31)41(57)47-22-38(56)52-40(45(3,4)5)44(60)54-23-33(55)20-36(54)43(59)46-21-28-8-10-29(11-9-28)39-27(2)48-25-61-39/h8-17,19,25-26,33,36,40,55H,6-7,18,20-24H2,1-5H3,(H,46,59)(H,47,57)(H,49,58)(H,50,51)(H,52,56)/t26-,33+,36-,40+/m0/s1. The molecule has 61 heavy (non-hydrogen) atoms. The number of nitrogens with one attached hydrogen (secondary N) is 5. The van der Waals surface area contributed by atoms with Crippen LogP contribution in [0.4, 0.5) is 5.69 Å². The normalized spacial score (nSPS) is 18.5. The molecule has 6 N–H and O–H groups in total. The number of carbonyl (C=O) groups is 5. The Morgan fingerprint density at radius 1 is 0.967 bits per heavy atom. The van der Waals surface area contributed by atoms with Crippen LogP contribution in [0.2, 0.25) is 0 Å². The lowest BCUT2D eigenvalue weighted by atomic mass is 9.85. The van der Waals surface area contributed by atoms with Gasteiger partial charge in [-0.25, -0.2) is 9.97 Å². The highest BCUT2D eigenvalue weighted by atomic mass is 32.1. The Morgan fingerprint density at radius 2 is 1.69 bits per heavy atom. The van der Waals surface area contributed by atoms with Gasteiger partial charge in [-0.05, 0) is 92.2 Å². The quantitative estimate of drug-likeness (QED) is 0.0966. The fourth-order valence-electron chi connectivity index (χ4n) is 7.87. The number of aromatic amines is 1. The van der Waals surface area contributed by atoms with Crippen molar-refractivity contribution in [3.8, 4) is 10.4 Å². The number of benzene rings is 3. The summed E-state index contributed by atoms with van der Waals surface area (Å²) < 4.78 is 0. The molecule has 4 atom stereocenters. The summed E-state index contributed by atoms with van der Waals surface area (Å²) in [6.07, 6.45) is 1.52. The van der Waals surface area contributed by atoms with Crippen LogP contribution in [0.5, 0.6) is 0 Å². The molecule has 16 heteroatoms. The molecule has 5 amide bonds. The van der Waals surface area contributed by atoms with Gasteiger partial charge in [0.05, 0.1) is 46.3 Å². The number of carbonyl (C=O) groups excluding carboxylic acids is 5. The van der Waals surface area contributed by atoms with Crippen LogP contribution in [-0.2, 0) is 27.5 Å². The first-order valence-corrected chi connectivity index (χ1v) is 21.5. The number of thiazole rings is 1. The first kappa shape index (κ1) is 43.1. The van der Waals surface area contributed by atoms with E-state index in [1.165, 1.54) is 42.0 Å². The molecule has 3 aromatic carbocycles. The van der Waals surface area contributed by atoms with Gasteiger partial charge >= 0.3 is 0 Å². The van der Waals surface area contributed by atoms with Crippen molar-refractivity contribution in [2.75, 3.05) is 25.0 Å². The molecular formula is C45H53N9O6S. The third-order valence-corrected chi connectivity index (χ3v) is 12.3. The number of imidazole rings is 1. The van der Waals surface area contributed by atoms with Gasteiger partial charge in [0.15, 0.2) is 0 Å². The van der Waals surface area contributed by atoms with Gasteiger partial charge in [-0.3, -0.25) is 28.9 Å². The minimum atomic E-state index is -1.06. The summed E-state index contributed by atoms with van der Waals surface area (Å²) in [5.41, 5.74) is 6.70. The number of aromatic nitrogens is 3. The number of hydrogen-bond acceptors (Lipinski definition) is 10. The van der Waals surface area contributed by atoms with Crippen molar-refractivity contribution in [2.24, 2.45) is 5.41 Å².